The number of hydrogen-bond donors (Lipinski definition) is 3. The standard InChI is InChI=1S/C14H14N4O7/c1-6(14(22)23)17(7(2)19)5-8-3-9(18(24)25)4-10-11(8)16-13(21)12(20)15-10/h3-4,6H,5H2,1-2H3,(H,15,20)(H,16,21)(H,22,23)/t6-/m0/s1. The molecule has 0 fully saturated rings. The molecule has 1 atom stereocenters. The molecule has 3 N–H and O–H groups in total. The van der Waals surface area contributed by atoms with E-state index in [9.17, 15) is 29.3 Å². The summed E-state index contributed by atoms with van der Waals surface area (Å²) in [6.45, 7) is 2.14. The van der Waals surface area contributed by atoms with Crippen LogP contribution in [0.1, 0.15) is 19.4 Å². The van der Waals surface area contributed by atoms with E-state index in [0.29, 0.717) is 0 Å². The lowest BCUT2D eigenvalue weighted by Crippen LogP contribution is -2.41. The van der Waals surface area contributed by atoms with Crippen molar-refractivity contribution in [3.8, 4) is 0 Å². The normalized spacial score (nSPS) is 11.9. The quantitative estimate of drug-likeness (QED) is 0.386. The van der Waals surface area contributed by atoms with Crippen molar-refractivity contribution < 1.29 is 19.6 Å². The van der Waals surface area contributed by atoms with Crippen molar-refractivity contribution >= 4 is 28.6 Å². The first kappa shape index (κ1) is 17.8. The summed E-state index contributed by atoms with van der Waals surface area (Å²) in [6.07, 6.45) is 0. The Labute approximate surface area is 139 Å². The first-order valence-electron chi connectivity index (χ1n) is 7.05. The van der Waals surface area contributed by atoms with Crippen LogP contribution in [0.25, 0.3) is 11.0 Å². The summed E-state index contributed by atoms with van der Waals surface area (Å²) in [5.74, 6) is -1.83. The zero-order valence-corrected chi connectivity index (χ0v) is 13.2. The van der Waals surface area contributed by atoms with Crippen molar-refractivity contribution in [2.75, 3.05) is 0 Å². The predicted octanol–water partition coefficient (Wildman–Crippen LogP) is -0.0538. The van der Waals surface area contributed by atoms with Gasteiger partial charge in [-0.15, -0.1) is 0 Å². The number of nitrogens with one attached hydrogen (secondary N) is 2. The van der Waals surface area contributed by atoms with Gasteiger partial charge in [-0.05, 0) is 6.92 Å². The number of carbonyl (C=O) groups excluding carboxylic acids is 1. The molecular weight excluding hydrogens is 336 g/mol. The van der Waals surface area contributed by atoms with Crippen LogP contribution in [-0.2, 0) is 16.1 Å². The molecule has 0 spiro atoms. The van der Waals surface area contributed by atoms with Crippen LogP contribution in [-0.4, -0.2) is 42.8 Å². The molecule has 0 radical (unpaired) electrons. The molecule has 0 aliphatic rings. The summed E-state index contributed by atoms with van der Waals surface area (Å²) in [7, 11) is 0. The second-order valence-electron chi connectivity index (χ2n) is 5.35. The molecule has 0 aliphatic heterocycles. The molecule has 1 amide bonds. The second-order valence-corrected chi connectivity index (χ2v) is 5.35. The molecule has 0 bridgehead atoms. The highest BCUT2D eigenvalue weighted by Gasteiger charge is 2.25. The first-order valence-corrected chi connectivity index (χ1v) is 7.05. The molecule has 11 nitrogen and oxygen atoms in total. The Hall–Kier alpha value is -3.50. The van der Waals surface area contributed by atoms with Gasteiger partial charge >= 0.3 is 17.1 Å². The summed E-state index contributed by atoms with van der Waals surface area (Å²) in [6, 6.07) is 0.983. The number of non-ortho nitro benzene ring substituents is 1. The van der Waals surface area contributed by atoms with Gasteiger partial charge in [-0.3, -0.25) is 24.5 Å². The van der Waals surface area contributed by atoms with Crippen LogP contribution in [0, 0.1) is 10.1 Å². The number of amides is 1. The Morgan fingerprint density at radius 3 is 2.40 bits per heavy atom. The van der Waals surface area contributed by atoms with Crippen LogP contribution in [0.4, 0.5) is 5.69 Å². The molecule has 1 aromatic carbocycles. The van der Waals surface area contributed by atoms with Crippen molar-refractivity contribution in [1.29, 1.82) is 0 Å². The zero-order valence-electron chi connectivity index (χ0n) is 13.2. The second kappa shape index (κ2) is 6.55. The van der Waals surface area contributed by atoms with Crippen LogP contribution >= 0.6 is 0 Å². The van der Waals surface area contributed by atoms with Crippen LogP contribution < -0.4 is 11.1 Å². The van der Waals surface area contributed by atoms with Gasteiger partial charge in [0.05, 0.1) is 16.0 Å². The van der Waals surface area contributed by atoms with Gasteiger partial charge in [0.1, 0.15) is 6.04 Å². The average molecular weight is 350 g/mol. The van der Waals surface area contributed by atoms with E-state index in [0.717, 1.165) is 24.0 Å². The Kier molecular flexibility index (Phi) is 4.68. The molecule has 11 heteroatoms. The molecular formula is C14H14N4O7. The van der Waals surface area contributed by atoms with Crippen molar-refractivity contribution in [2.24, 2.45) is 0 Å². The number of benzene rings is 1. The number of carboxylic acid groups (broad SMARTS) is 1. The smallest absolute Gasteiger partial charge is 0.326 e. The van der Waals surface area contributed by atoms with Gasteiger partial charge in [0.2, 0.25) is 5.91 Å². The Bertz CT molecular complexity index is 991. The summed E-state index contributed by atoms with van der Waals surface area (Å²) in [4.78, 5) is 61.8. The fourth-order valence-corrected chi connectivity index (χ4v) is 2.35. The number of rotatable bonds is 5. The number of carboxylic acids is 1. The van der Waals surface area contributed by atoms with Gasteiger partial charge in [-0.25, -0.2) is 4.79 Å². The lowest BCUT2D eigenvalue weighted by molar-refractivity contribution is -0.384. The molecule has 0 saturated carbocycles. The van der Waals surface area contributed by atoms with Gasteiger partial charge in [-0.2, -0.15) is 0 Å². The minimum Gasteiger partial charge on any atom is -0.480 e. The third-order valence-corrected chi connectivity index (χ3v) is 3.68. The molecule has 2 rings (SSSR count). The van der Waals surface area contributed by atoms with E-state index in [2.05, 4.69) is 9.97 Å². The van der Waals surface area contributed by atoms with Crippen LogP contribution in [0.15, 0.2) is 21.7 Å². The van der Waals surface area contributed by atoms with Gasteiger partial charge in [0.25, 0.3) is 5.69 Å². The van der Waals surface area contributed by atoms with Crippen LogP contribution in [0.3, 0.4) is 0 Å². The number of nitro groups is 1. The van der Waals surface area contributed by atoms with Crippen molar-refractivity contribution in [2.45, 2.75) is 26.4 Å². The van der Waals surface area contributed by atoms with Gasteiger partial charge < -0.3 is 20.0 Å². The number of aliphatic carboxylic acids is 1. The van der Waals surface area contributed by atoms with E-state index < -0.39 is 34.0 Å². The van der Waals surface area contributed by atoms with Gasteiger partial charge in [-0.1, -0.05) is 0 Å². The minimum atomic E-state index is -1.26. The third-order valence-electron chi connectivity index (χ3n) is 3.68. The van der Waals surface area contributed by atoms with Crippen LogP contribution in [0.2, 0.25) is 0 Å². The fraction of sp³-hybridized carbons (Fsp3) is 0.286. The number of nitrogens with zero attached hydrogens (tertiary/aromatic N) is 2. The molecule has 1 heterocycles. The van der Waals surface area contributed by atoms with E-state index in [1.54, 1.807) is 0 Å². The topological polar surface area (TPSA) is 166 Å². The Morgan fingerprint density at radius 1 is 1.28 bits per heavy atom. The largest absolute Gasteiger partial charge is 0.480 e. The number of H-pyrrole nitrogens is 2. The average Bonchev–Trinajstić information content (AvgIpc) is 2.52. The predicted molar refractivity (Wildman–Crippen MR) is 85.2 cm³/mol. The molecule has 2 aromatic rings. The highest BCUT2D eigenvalue weighted by Crippen LogP contribution is 2.23. The van der Waals surface area contributed by atoms with E-state index in [4.69, 9.17) is 5.11 Å². The van der Waals surface area contributed by atoms with Gasteiger partial charge in [0, 0.05) is 31.2 Å². The summed E-state index contributed by atoms with van der Waals surface area (Å²) in [5.41, 5.74) is -2.12. The fourth-order valence-electron chi connectivity index (χ4n) is 2.35. The Morgan fingerprint density at radius 2 is 1.88 bits per heavy atom. The molecule has 0 aliphatic carbocycles. The van der Waals surface area contributed by atoms with Gasteiger partial charge in [0.15, 0.2) is 0 Å². The first-order chi connectivity index (χ1) is 11.6. The maximum absolute atomic E-state index is 11.8. The van der Waals surface area contributed by atoms with Crippen molar-refractivity contribution in [1.82, 2.24) is 14.9 Å². The van der Waals surface area contributed by atoms with E-state index in [1.807, 2.05) is 0 Å². The summed E-state index contributed by atoms with van der Waals surface area (Å²) in [5, 5.41) is 20.2. The number of aromatic nitrogens is 2. The number of carbonyl (C=O) groups is 2. The summed E-state index contributed by atoms with van der Waals surface area (Å²) < 4.78 is 0. The van der Waals surface area contributed by atoms with Crippen molar-refractivity contribution in [3.05, 3.63) is 48.5 Å². The lowest BCUT2D eigenvalue weighted by Gasteiger charge is -2.25. The number of hydrogen-bond acceptors (Lipinski definition) is 6. The molecule has 0 unspecified atom stereocenters. The summed E-state index contributed by atoms with van der Waals surface area (Å²) >= 11 is 0. The minimum absolute atomic E-state index is 0.000259. The number of nitro benzene ring substituents is 1. The van der Waals surface area contributed by atoms with Crippen LogP contribution in [0.5, 0.6) is 0 Å². The highest BCUT2D eigenvalue weighted by atomic mass is 16.6. The molecule has 132 valence electrons. The van der Waals surface area contributed by atoms with E-state index in [1.165, 1.54) is 6.92 Å². The number of fused-ring (bicyclic) bond motifs is 1. The lowest BCUT2D eigenvalue weighted by atomic mass is 10.1. The van der Waals surface area contributed by atoms with E-state index >= 15 is 0 Å². The highest BCUT2D eigenvalue weighted by molar-refractivity contribution is 5.84. The molecule has 1 aromatic heterocycles. The number of aromatic amines is 2. The molecule has 0 saturated heterocycles. The monoisotopic (exact) mass is 350 g/mol. The zero-order chi connectivity index (χ0) is 18.9. The Balaban J connectivity index is 2.69. The maximum Gasteiger partial charge on any atom is 0.326 e. The molecule has 25 heavy (non-hydrogen) atoms. The van der Waals surface area contributed by atoms with E-state index in [-0.39, 0.29) is 28.8 Å². The SMILES string of the molecule is CC(=O)N(Cc1cc([N+](=O)[O-])cc2[nH]c(=O)c(=O)[nH]c12)[C@@H](C)C(=O)O. The third kappa shape index (κ3) is 3.54. The maximum atomic E-state index is 11.8. The van der Waals surface area contributed by atoms with Crippen molar-refractivity contribution in [3.63, 3.8) is 0 Å².